The summed E-state index contributed by atoms with van der Waals surface area (Å²) in [5.41, 5.74) is 8.10. The molecule has 3 heteroatoms. The van der Waals surface area contributed by atoms with Gasteiger partial charge < -0.3 is 10.6 Å². The van der Waals surface area contributed by atoms with Crippen LogP contribution in [-0.4, -0.2) is 11.5 Å². The van der Waals surface area contributed by atoms with E-state index in [1.165, 1.54) is 16.5 Å². The third-order valence-corrected chi connectivity index (χ3v) is 3.72. The third kappa shape index (κ3) is 2.48. The summed E-state index contributed by atoms with van der Waals surface area (Å²) in [6.45, 7) is 3.47. The van der Waals surface area contributed by atoms with Crippen LogP contribution in [0, 0.1) is 0 Å². The Morgan fingerprint density at radius 2 is 1.81 bits per heavy atom. The lowest BCUT2D eigenvalue weighted by atomic mass is 10.1. The molecule has 0 amide bonds. The lowest BCUT2D eigenvalue weighted by Gasteiger charge is -2.25. The van der Waals surface area contributed by atoms with Gasteiger partial charge in [0.2, 0.25) is 0 Å². The van der Waals surface area contributed by atoms with Crippen molar-refractivity contribution in [1.29, 1.82) is 0 Å². The minimum Gasteiger partial charge on any atom is -0.326 e. The maximum Gasteiger partial charge on any atom is 0.137 e. The predicted octanol–water partition coefficient (Wildman–Crippen LogP) is 3.85. The highest BCUT2D eigenvalue weighted by Gasteiger charge is 2.14. The Morgan fingerprint density at radius 1 is 1.00 bits per heavy atom. The maximum atomic E-state index is 5.87. The average Bonchev–Trinajstić information content (AvgIpc) is 2.56. The van der Waals surface area contributed by atoms with Crippen LogP contribution in [0.2, 0.25) is 0 Å². The van der Waals surface area contributed by atoms with E-state index in [-0.39, 0.29) is 0 Å². The molecular formula is C18H19N3. The van der Waals surface area contributed by atoms with Crippen molar-refractivity contribution < 1.29 is 0 Å². The molecule has 3 rings (SSSR count). The first-order valence-corrected chi connectivity index (χ1v) is 7.24. The van der Waals surface area contributed by atoms with E-state index in [9.17, 15) is 0 Å². The number of rotatable bonds is 4. The van der Waals surface area contributed by atoms with E-state index in [2.05, 4.69) is 59.3 Å². The Hall–Kier alpha value is -2.39. The van der Waals surface area contributed by atoms with Crippen LogP contribution >= 0.6 is 0 Å². The normalized spacial score (nSPS) is 10.8. The summed E-state index contributed by atoms with van der Waals surface area (Å²) in [7, 11) is 0. The standard InChI is InChI=1S/C18H19N3/c1-2-21(18-15(13-19)9-6-12-20-18)17-11-5-8-14-7-3-4-10-16(14)17/h3-12H,2,13,19H2,1H3. The van der Waals surface area contributed by atoms with Crippen molar-refractivity contribution in [3.8, 4) is 0 Å². The van der Waals surface area contributed by atoms with Gasteiger partial charge in [-0.2, -0.15) is 0 Å². The van der Waals surface area contributed by atoms with Crippen molar-refractivity contribution in [3.63, 3.8) is 0 Å². The van der Waals surface area contributed by atoms with Gasteiger partial charge in [-0.3, -0.25) is 0 Å². The number of benzene rings is 2. The van der Waals surface area contributed by atoms with Crippen LogP contribution < -0.4 is 10.6 Å². The van der Waals surface area contributed by atoms with Crippen LogP contribution in [0.25, 0.3) is 10.8 Å². The number of nitrogens with zero attached hydrogens (tertiary/aromatic N) is 2. The maximum absolute atomic E-state index is 5.87. The van der Waals surface area contributed by atoms with E-state index in [1.807, 2.05) is 18.3 Å². The SMILES string of the molecule is CCN(c1ncccc1CN)c1cccc2ccccc12. The summed E-state index contributed by atoms with van der Waals surface area (Å²) < 4.78 is 0. The van der Waals surface area contributed by atoms with Crippen molar-refractivity contribution in [2.75, 3.05) is 11.4 Å². The molecule has 0 radical (unpaired) electrons. The van der Waals surface area contributed by atoms with Gasteiger partial charge in [-0.1, -0.05) is 42.5 Å². The quantitative estimate of drug-likeness (QED) is 0.787. The molecule has 0 unspecified atom stereocenters. The van der Waals surface area contributed by atoms with Gasteiger partial charge in [-0.15, -0.1) is 0 Å². The van der Waals surface area contributed by atoms with Crippen LogP contribution in [0.15, 0.2) is 60.8 Å². The van der Waals surface area contributed by atoms with Crippen molar-refractivity contribution in [1.82, 2.24) is 4.98 Å². The van der Waals surface area contributed by atoms with Crippen LogP contribution in [0.4, 0.5) is 11.5 Å². The molecule has 2 aromatic carbocycles. The minimum atomic E-state index is 0.491. The Bertz CT molecular complexity index is 747. The molecule has 1 heterocycles. The van der Waals surface area contributed by atoms with Gasteiger partial charge in [-0.25, -0.2) is 4.98 Å². The van der Waals surface area contributed by atoms with Crippen molar-refractivity contribution in [2.45, 2.75) is 13.5 Å². The van der Waals surface area contributed by atoms with Gasteiger partial charge in [0, 0.05) is 30.2 Å². The smallest absolute Gasteiger partial charge is 0.137 e. The zero-order valence-corrected chi connectivity index (χ0v) is 12.2. The second kappa shape index (κ2) is 5.94. The zero-order valence-electron chi connectivity index (χ0n) is 12.2. The summed E-state index contributed by atoms with van der Waals surface area (Å²) in [6, 6.07) is 18.8. The summed E-state index contributed by atoms with van der Waals surface area (Å²) in [5.74, 6) is 0.943. The fourth-order valence-corrected chi connectivity index (χ4v) is 2.71. The van der Waals surface area contributed by atoms with Gasteiger partial charge in [0.1, 0.15) is 5.82 Å². The molecule has 0 atom stereocenters. The highest BCUT2D eigenvalue weighted by molar-refractivity contribution is 5.96. The number of nitrogens with two attached hydrogens (primary N) is 1. The highest BCUT2D eigenvalue weighted by atomic mass is 15.2. The first-order chi connectivity index (χ1) is 10.3. The van der Waals surface area contributed by atoms with Gasteiger partial charge in [0.05, 0.1) is 5.69 Å². The van der Waals surface area contributed by atoms with Crippen LogP contribution in [0.1, 0.15) is 12.5 Å². The summed E-state index contributed by atoms with van der Waals surface area (Å²) in [5, 5.41) is 2.47. The molecule has 3 aromatic rings. The largest absolute Gasteiger partial charge is 0.326 e. The molecule has 0 aliphatic carbocycles. The number of aromatic nitrogens is 1. The summed E-state index contributed by atoms with van der Waals surface area (Å²) >= 11 is 0. The number of hydrogen-bond acceptors (Lipinski definition) is 3. The number of pyridine rings is 1. The fraction of sp³-hybridized carbons (Fsp3) is 0.167. The first-order valence-electron chi connectivity index (χ1n) is 7.24. The third-order valence-electron chi connectivity index (χ3n) is 3.72. The minimum absolute atomic E-state index is 0.491. The fourth-order valence-electron chi connectivity index (χ4n) is 2.71. The molecule has 2 N–H and O–H groups in total. The number of fused-ring (bicyclic) bond motifs is 1. The molecule has 1 aromatic heterocycles. The molecule has 0 aliphatic rings. The Kier molecular flexibility index (Phi) is 3.84. The van der Waals surface area contributed by atoms with E-state index in [0.717, 1.165) is 17.9 Å². The molecule has 106 valence electrons. The van der Waals surface area contributed by atoms with Gasteiger partial charge >= 0.3 is 0 Å². The van der Waals surface area contributed by atoms with E-state index >= 15 is 0 Å². The van der Waals surface area contributed by atoms with E-state index in [0.29, 0.717) is 6.54 Å². The lowest BCUT2D eigenvalue weighted by molar-refractivity contribution is 0.952. The molecule has 21 heavy (non-hydrogen) atoms. The van der Waals surface area contributed by atoms with Crippen molar-refractivity contribution >= 4 is 22.3 Å². The Labute approximate surface area is 125 Å². The summed E-state index contributed by atoms with van der Waals surface area (Å²) in [4.78, 5) is 6.78. The van der Waals surface area contributed by atoms with Crippen molar-refractivity contribution in [2.24, 2.45) is 5.73 Å². The van der Waals surface area contributed by atoms with Crippen LogP contribution in [0.5, 0.6) is 0 Å². The second-order valence-corrected chi connectivity index (χ2v) is 4.93. The zero-order chi connectivity index (χ0) is 14.7. The van der Waals surface area contributed by atoms with E-state index in [1.54, 1.807) is 0 Å². The number of hydrogen-bond donors (Lipinski definition) is 1. The Morgan fingerprint density at radius 3 is 2.62 bits per heavy atom. The monoisotopic (exact) mass is 277 g/mol. The molecule has 0 aliphatic heterocycles. The first kappa shape index (κ1) is 13.6. The molecule has 0 bridgehead atoms. The van der Waals surface area contributed by atoms with Crippen molar-refractivity contribution in [3.05, 3.63) is 66.4 Å². The lowest BCUT2D eigenvalue weighted by Crippen LogP contribution is -2.20. The summed E-state index contributed by atoms with van der Waals surface area (Å²) in [6.07, 6.45) is 1.82. The van der Waals surface area contributed by atoms with Gasteiger partial charge in [0.25, 0.3) is 0 Å². The molecule has 3 nitrogen and oxygen atoms in total. The molecule has 0 fully saturated rings. The van der Waals surface area contributed by atoms with Gasteiger partial charge in [0.15, 0.2) is 0 Å². The van der Waals surface area contributed by atoms with Crippen LogP contribution in [-0.2, 0) is 6.54 Å². The van der Waals surface area contributed by atoms with Crippen LogP contribution in [0.3, 0.4) is 0 Å². The predicted molar refractivity (Wildman–Crippen MR) is 88.8 cm³/mol. The molecular weight excluding hydrogens is 258 g/mol. The Balaban J connectivity index is 2.19. The van der Waals surface area contributed by atoms with Gasteiger partial charge in [-0.05, 0) is 24.4 Å². The molecule has 0 saturated carbocycles. The highest BCUT2D eigenvalue weighted by Crippen LogP contribution is 2.32. The average molecular weight is 277 g/mol. The van der Waals surface area contributed by atoms with E-state index < -0.39 is 0 Å². The molecule has 0 spiro atoms. The topological polar surface area (TPSA) is 42.2 Å². The second-order valence-electron chi connectivity index (χ2n) is 4.93. The van der Waals surface area contributed by atoms with E-state index in [4.69, 9.17) is 5.73 Å². The molecule has 0 saturated heterocycles. The number of anilines is 2.